The number of carbonyl (C=O) groups excluding carboxylic acids is 1. The average molecular weight is 429 g/mol. The van der Waals surface area contributed by atoms with Crippen LogP contribution in [0.2, 0.25) is 0 Å². The zero-order chi connectivity index (χ0) is 22.4. The van der Waals surface area contributed by atoms with Crippen LogP contribution in [0.1, 0.15) is 22.8 Å². The van der Waals surface area contributed by atoms with Gasteiger partial charge in [0.15, 0.2) is 0 Å². The smallest absolute Gasteiger partial charge is 0.248 e. The fourth-order valence-electron chi connectivity index (χ4n) is 3.94. The number of imidazole rings is 1. The number of aromatic nitrogens is 4. The highest BCUT2D eigenvalue weighted by molar-refractivity contribution is 5.95. The standard InChI is InChI=1S/C24H20FN5O2/c1-3-14-8-15(4-5-18(14)24(26)31)21-10-17(12-23-27-6-7-30(21)23)32-16-9-20(25)19-13-28-29(2)22(19)11-16/h4-13H,3H2,1-2H3,(H2,26,31). The molecule has 0 atom stereocenters. The van der Waals surface area contributed by atoms with E-state index in [0.29, 0.717) is 40.0 Å². The summed E-state index contributed by atoms with van der Waals surface area (Å²) in [4.78, 5) is 16.1. The van der Waals surface area contributed by atoms with Crippen molar-refractivity contribution in [3.63, 3.8) is 0 Å². The molecule has 0 fully saturated rings. The lowest BCUT2D eigenvalue weighted by Gasteiger charge is -2.13. The van der Waals surface area contributed by atoms with Crippen molar-refractivity contribution >= 4 is 22.5 Å². The molecule has 3 aromatic heterocycles. The number of nitrogens with zero attached hydrogens (tertiary/aromatic N) is 4. The van der Waals surface area contributed by atoms with E-state index in [1.54, 1.807) is 36.1 Å². The van der Waals surface area contributed by atoms with Crippen molar-refractivity contribution in [1.82, 2.24) is 19.2 Å². The maximum Gasteiger partial charge on any atom is 0.248 e. The van der Waals surface area contributed by atoms with Gasteiger partial charge in [-0.15, -0.1) is 0 Å². The average Bonchev–Trinajstić information content (AvgIpc) is 3.40. The van der Waals surface area contributed by atoms with Gasteiger partial charge in [0.2, 0.25) is 5.91 Å². The highest BCUT2D eigenvalue weighted by Crippen LogP contribution is 2.32. The maximum atomic E-state index is 14.5. The molecule has 5 rings (SSSR count). The quantitative estimate of drug-likeness (QED) is 0.446. The summed E-state index contributed by atoms with van der Waals surface area (Å²) in [7, 11) is 1.75. The first-order valence-corrected chi connectivity index (χ1v) is 10.1. The summed E-state index contributed by atoms with van der Waals surface area (Å²) >= 11 is 0. The molecule has 0 saturated heterocycles. The first-order chi connectivity index (χ1) is 15.4. The van der Waals surface area contributed by atoms with E-state index in [0.717, 1.165) is 16.8 Å². The first kappa shape index (κ1) is 19.7. The molecular formula is C24H20FN5O2. The van der Waals surface area contributed by atoms with Crippen molar-refractivity contribution in [2.75, 3.05) is 0 Å². The highest BCUT2D eigenvalue weighted by Gasteiger charge is 2.14. The van der Waals surface area contributed by atoms with Crippen molar-refractivity contribution in [2.24, 2.45) is 12.8 Å². The number of carbonyl (C=O) groups is 1. The summed E-state index contributed by atoms with van der Waals surface area (Å²) in [6.45, 7) is 1.97. The van der Waals surface area contributed by atoms with Crippen molar-refractivity contribution < 1.29 is 13.9 Å². The van der Waals surface area contributed by atoms with E-state index < -0.39 is 11.7 Å². The molecule has 32 heavy (non-hydrogen) atoms. The summed E-state index contributed by atoms with van der Waals surface area (Å²) in [6.07, 6.45) is 5.70. The lowest BCUT2D eigenvalue weighted by Crippen LogP contribution is -2.13. The van der Waals surface area contributed by atoms with E-state index in [-0.39, 0.29) is 0 Å². The van der Waals surface area contributed by atoms with Crippen LogP contribution in [0, 0.1) is 5.82 Å². The Labute approximate surface area is 182 Å². The second-order valence-corrected chi connectivity index (χ2v) is 7.53. The van der Waals surface area contributed by atoms with Crippen LogP contribution in [0.15, 0.2) is 61.1 Å². The van der Waals surface area contributed by atoms with Crippen molar-refractivity contribution in [1.29, 1.82) is 0 Å². The molecule has 2 N–H and O–H groups in total. The van der Waals surface area contributed by atoms with Gasteiger partial charge in [0.1, 0.15) is 23.0 Å². The summed E-state index contributed by atoms with van der Waals surface area (Å²) in [6, 6.07) is 12.3. The summed E-state index contributed by atoms with van der Waals surface area (Å²) < 4.78 is 24.1. The molecule has 0 radical (unpaired) electrons. The van der Waals surface area contributed by atoms with Gasteiger partial charge in [-0.05, 0) is 29.7 Å². The molecule has 0 bridgehead atoms. The Morgan fingerprint density at radius 1 is 1.16 bits per heavy atom. The molecule has 0 unspecified atom stereocenters. The second kappa shape index (κ2) is 7.49. The van der Waals surface area contributed by atoms with Crippen LogP contribution in [-0.2, 0) is 13.5 Å². The zero-order valence-corrected chi connectivity index (χ0v) is 17.5. The molecule has 7 nitrogen and oxygen atoms in total. The Kier molecular flexibility index (Phi) is 4.62. The number of fused-ring (bicyclic) bond motifs is 2. The van der Waals surface area contributed by atoms with Gasteiger partial charge in [0.05, 0.1) is 22.8 Å². The van der Waals surface area contributed by atoms with E-state index in [2.05, 4.69) is 10.1 Å². The summed E-state index contributed by atoms with van der Waals surface area (Å²) in [5, 5.41) is 4.54. The van der Waals surface area contributed by atoms with E-state index >= 15 is 0 Å². The number of amides is 1. The first-order valence-electron chi connectivity index (χ1n) is 10.1. The van der Waals surface area contributed by atoms with Crippen LogP contribution in [0.3, 0.4) is 0 Å². The van der Waals surface area contributed by atoms with Gasteiger partial charge < -0.3 is 10.5 Å². The third kappa shape index (κ3) is 3.26. The molecule has 8 heteroatoms. The van der Waals surface area contributed by atoms with E-state index in [1.165, 1.54) is 12.3 Å². The van der Waals surface area contributed by atoms with Crippen LogP contribution in [0.25, 0.3) is 27.8 Å². The Morgan fingerprint density at radius 3 is 2.75 bits per heavy atom. The van der Waals surface area contributed by atoms with Crippen molar-refractivity contribution in [3.05, 3.63) is 78.0 Å². The van der Waals surface area contributed by atoms with E-state index in [9.17, 15) is 9.18 Å². The van der Waals surface area contributed by atoms with Crippen LogP contribution in [-0.4, -0.2) is 25.1 Å². The number of aryl methyl sites for hydroxylation is 2. The molecule has 0 aliphatic carbocycles. The normalized spacial score (nSPS) is 11.3. The molecular weight excluding hydrogens is 409 g/mol. The third-order valence-corrected chi connectivity index (χ3v) is 5.55. The molecule has 1 amide bonds. The Bertz CT molecular complexity index is 1500. The SMILES string of the molecule is CCc1cc(-c2cc(Oc3cc(F)c4cnn(C)c4c3)cc3nccn23)ccc1C(N)=O. The molecule has 0 saturated carbocycles. The van der Waals surface area contributed by atoms with Gasteiger partial charge in [0, 0.05) is 49.3 Å². The monoisotopic (exact) mass is 429 g/mol. The number of nitrogens with two attached hydrogens (primary N) is 1. The number of primary amides is 1. The summed E-state index contributed by atoms with van der Waals surface area (Å²) in [5.41, 5.74) is 9.89. The number of ether oxygens (including phenoxy) is 1. The maximum absolute atomic E-state index is 14.5. The minimum absolute atomic E-state index is 0.360. The van der Waals surface area contributed by atoms with Gasteiger partial charge in [0.25, 0.3) is 0 Å². The predicted octanol–water partition coefficient (Wildman–Crippen LogP) is 4.48. The summed E-state index contributed by atoms with van der Waals surface area (Å²) in [5.74, 6) is 0.0172. The van der Waals surface area contributed by atoms with Crippen LogP contribution in [0.4, 0.5) is 4.39 Å². The van der Waals surface area contributed by atoms with Crippen LogP contribution < -0.4 is 10.5 Å². The van der Waals surface area contributed by atoms with Gasteiger partial charge in [-0.2, -0.15) is 5.10 Å². The minimum Gasteiger partial charge on any atom is -0.457 e. The van der Waals surface area contributed by atoms with Crippen LogP contribution in [0.5, 0.6) is 11.5 Å². The van der Waals surface area contributed by atoms with Crippen molar-refractivity contribution in [3.8, 4) is 22.8 Å². The van der Waals surface area contributed by atoms with Crippen LogP contribution >= 0.6 is 0 Å². The van der Waals surface area contributed by atoms with Gasteiger partial charge in [-0.25, -0.2) is 9.37 Å². The molecule has 0 spiro atoms. The number of halogens is 1. The predicted molar refractivity (Wildman–Crippen MR) is 119 cm³/mol. The zero-order valence-electron chi connectivity index (χ0n) is 17.5. The fourth-order valence-corrected chi connectivity index (χ4v) is 3.94. The number of benzene rings is 2. The Hall–Kier alpha value is -4.20. The lowest BCUT2D eigenvalue weighted by atomic mass is 9.99. The molecule has 5 aromatic rings. The Balaban J connectivity index is 1.61. The molecule has 2 aromatic carbocycles. The van der Waals surface area contributed by atoms with E-state index in [1.807, 2.05) is 35.7 Å². The van der Waals surface area contributed by atoms with E-state index in [4.69, 9.17) is 10.5 Å². The number of rotatable bonds is 5. The molecule has 0 aliphatic rings. The fraction of sp³-hybridized carbons (Fsp3) is 0.125. The number of pyridine rings is 1. The van der Waals surface area contributed by atoms with Crippen molar-refractivity contribution in [2.45, 2.75) is 13.3 Å². The highest BCUT2D eigenvalue weighted by atomic mass is 19.1. The lowest BCUT2D eigenvalue weighted by molar-refractivity contribution is 0.0999. The number of hydrogen-bond donors (Lipinski definition) is 1. The molecule has 0 aliphatic heterocycles. The van der Waals surface area contributed by atoms with Gasteiger partial charge in [-0.3, -0.25) is 13.9 Å². The molecule has 160 valence electrons. The third-order valence-electron chi connectivity index (χ3n) is 5.55. The molecule has 3 heterocycles. The van der Waals surface area contributed by atoms with Gasteiger partial charge >= 0.3 is 0 Å². The largest absolute Gasteiger partial charge is 0.457 e. The topological polar surface area (TPSA) is 87.4 Å². The minimum atomic E-state index is -0.453. The van der Waals surface area contributed by atoms with Gasteiger partial charge in [-0.1, -0.05) is 13.0 Å². The Morgan fingerprint density at radius 2 is 1.97 bits per heavy atom. The second-order valence-electron chi connectivity index (χ2n) is 7.53. The number of hydrogen-bond acceptors (Lipinski definition) is 4.